The molecule has 2 aliphatic heterocycles. The van der Waals surface area contributed by atoms with E-state index in [1.54, 1.807) is 18.0 Å². The number of hydrogen-bond donors (Lipinski definition) is 1. The van der Waals surface area contributed by atoms with E-state index in [0.717, 1.165) is 11.3 Å². The Morgan fingerprint density at radius 2 is 1.63 bits per heavy atom. The summed E-state index contributed by atoms with van der Waals surface area (Å²) in [5.74, 6) is 0.727. The first-order valence-electron chi connectivity index (χ1n) is 11.8. The van der Waals surface area contributed by atoms with Crippen LogP contribution in [0.3, 0.4) is 0 Å². The number of esters is 1. The molecule has 0 atom stereocenters. The van der Waals surface area contributed by atoms with Crippen LogP contribution in [0.2, 0.25) is 0 Å². The van der Waals surface area contributed by atoms with Gasteiger partial charge in [0.25, 0.3) is 0 Å². The third-order valence-electron chi connectivity index (χ3n) is 5.72. The Bertz CT molecular complexity index is 1100. The predicted molar refractivity (Wildman–Crippen MR) is 129 cm³/mol. The molecule has 0 unspecified atom stereocenters. The molecule has 4 heterocycles. The normalized spacial score (nSPS) is 16.1. The molecule has 12 nitrogen and oxygen atoms in total. The van der Waals surface area contributed by atoms with Crippen molar-refractivity contribution in [2.45, 2.75) is 46.3 Å². The molecule has 1 saturated heterocycles. The lowest BCUT2D eigenvalue weighted by Crippen LogP contribution is -2.48. The van der Waals surface area contributed by atoms with Gasteiger partial charge in [0.15, 0.2) is 0 Å². The molecule has 2 aromatic rings. The summed E-state index contributed by atoms with van der Waals surface area (Å²) in [5.41, 5.74) is 7.50. The molecule has 0 aromatic carbocycles. The molecule has 2 aliphatic rings. The minimum Gasteiger partial charge on any atom is -0.462 e. The number of aromatic nitrogens is 4. The highest BCUT2D eigenvalue weighted by Gasteiger charge is 2.28. The first kappa shape index (κ1) is 24.4. The summed E-state index contributed by atoms with van der Waals surface area (Å²) in [4.78, 5) is 48.1. The van der Waals surface area contributed by atoms with Crippen molar-refractivity contribution in [1.29, 1.82) is 0 Å². The molecule has 1 amide bonds. The van der Waals surface area contributed by atoms with Gasteiger partial charge >= 0.3 is 12.1 Å². The van der Waals surface area contributed by atoms with E-state index in [1.807, 2.05) is 25.7 Å². The van der Waals surface area contributed by atoms with Crippen LogP contribution in [0, 0.1) is 0 Å². The van der Waals surface area contributed by atoms with Crippen LogP contribution in [0.1, 0.15) is 49.3 Å². The third kappa shape index (κ3) is 5.69. The molecule has 0 radical (unpaired) electrons. The van der Waals surface area contributed by atoms with E-state index in [9.17, 15) is 9.59 Å². The largest absolute Gasteiger partial charge is 0.462 e. The highest BCUT2D eigenvalue weighted by molar-refractivity contribution is 5.93. The summed E-state index contributed by atoms with van der Waals surface area (Å²) in [5, 5.41) is 0. The fourth-order valence-corrected chi connectivity index (χ4v) is 3.95. The Balaban J connectivity index is 1.36. The van der Waals surface area contributed by atoms with Gasteiger partial charge in [-0.3, -0.25) is 0 Å². The number of piperazine rings is 1. The second-order valence-corrected chi connectivity index (χ2v) is 9.46. The molecule has 4 rings (SSSR count). The van der Waals surface area contributed by atoms with Crippen molar-refractivity contribution in [1.82, 2.24) is 24.8 Å². The van der Waals surface area contributed by atoms with E-state index in [4.69, 9.17) is 20.2 Å². The summed E-state index contributed by atoms with van der Waals surface area (Å²) < 4.78 is 10.5. The predicted octanol–water partition coefficient (Wildman–Crippen LogP) is 1.65. The van der Waals surface area contributed by atoms with Gasteiger partial charge in [-0.05, 0) is 27.7 Å². The number of rotatable bonds is 4. The summed E-state index contributed by atoms with van der Waals surface area (Å²) in [6.07, 6.45) is 3.55. The highest BCUT2D eigenvalue weighted by atomic mass is 16.6. The van der Waals surface area contributed by atoms with E-state index >= 15 is 0 Å². The number of hydrogen-bond acceptors (Lipinski definition) is 11. The lowest BCUT2D eigenvalue weighted by atomic mass is 10.1. The van der Waals surface area contributed by atoms with Crippen LogP contribution < -0.4 is 15.5 Å². The average molecular weight is 485 g/mol. The number of nitrogens with two attached hydrogens (primary N) is 1. The maximum absolute atomic E-state index is 12.4. The van der Waals surface area contributed by atoms with Crippen LogP contribution in [0.25, 0.3) is 0 Å². The van der Waals surface area contributed by atoms with Crippen molar-refractivity contribution in [2.75, 3.05) is 54.9 Å². The molecule has 2 aromatic heterocycles. The quantitative estimate of drug-likeness (QED) is 0.633. The van der Waals surface area contributed by atoms with Gasteiger partial charge in [-0.25, -0.2) is 24.5 Å². The molecule has 0 bridgehead atoms. The maximum atomic E-state index is 12.4. The lowest BCUT2D eigenvalue weighted by Gasteiger charge is -2.35. The van der Waals surface area contributed by atoms with E-state index in [2.05, 4.69) is 19.9 Å². The molecular weight excluding hydrogens is 452 g/mol. The number of fused-ring (bicyclic) bond motifs is 1. The Labute approximate surface area is 204 Å². The second-order valence-electron chi connectivity index (χ2n) is 9.46. The van der Waals surface area contributed by atoms with Gasteiger partial charge < -0.3 is 29.9 Å². The van der Waals surface area contributed by atoms with E-state index in [0.29, 0.717) is 57.6 Å². The van der Waals surface area contributed by atoms with Crippen LogP contribution in [0.4, 0.5) is 22.5 Å². The van der Waals surface area contributed by atoms with Gasteiger partial charge in [-0.1, -0.05) is 0 Å². The zero-order valence-electron chi connectivity index (χ0n) is 20.7. The Morgan fingerprint density at radius 3 is 2.23 bits per heavy atom. The summed E-state index contributed by atoms with van der Waals surface area (Å²) in [6, 6.07) is 0. The minimum atomic E-state index is -0.528. The van der Waals surface area contributed by atoms with Gasteiger partial charge in [0.1, 0.15) is 17.0 Å². The second kappa shape index (κ2) is 9.88. The fraction of sp³-hybridized carbons (Fsp3) is 0.565. The SMILES string of the molecule is CCOC(=O)c1cnc(N2CCN(c3ncc4c(n3)CCN(C(=O)OC(C)(C)C)C4)CC2)nc1N. The Hall–Kier alpha value is -3.70. The zero-order chi connectivity index (χ0) is 25.2. The van der Waals surface area contributed by atoms with Gasteiger partial charge in [0, 0.05) is 57.1 Å². The summed E-state index contributed by atoms with van der Waals surface area (Å²) in [6.45, 7) is 11.3. The monoisotopic (exact) mass is 484 g/mol. The van der Waals surface area contributed by atoms with E-state index in [1.165, 1.54) is 6.20 Å². The van der Waals surface area contributed by atoms with Crippen LogP contribution in [-0.2, 0) is 22.4 Å². The standard InChI is InChI=1S/C23H32N8O4/c1-5-34-19(32)16-13-26-21(28-18(16)24)30-10-8-29(9-11-30)20-25-12-15-14-31(7-6-17(15)27-20)22(33)35-23(2,3)4/h12-13H,5-11,14H2,1-4H3,(H2,24,26,28). The van der Waals surface area contributed by atoms with Gasteiger partial charge in [-0.15, -0.1) is 0 Å². The fourth-order valence-electron chi connectivity index (χ4n) is 3.95. The number of ether oxygens (including phenoxy) is 2. The molecule has 0 aliphatic carbocycles. The highest BCUT2D eigenvalue weighted by Crippen LogP contribution is 2.23. The zero-order valence-corrected chi connectivity index (χ0v) is 20.7. The molecule has 1 fully saturated rings. The number of carbonyl (C=O) groups excluding carboxylic acids is 2. The van der Waals surface area contributed by atoms with Gasteiger partial charge in [-0.2, -0.15) is 4.98 Å². The summed E-state index contributed by atoms with van der Waals surface area (Å²) in [7, 11) is 0. The number of anilines is 3. The van der Waals surface area contributed by atoms with Crippen LogP contribution >= 0.6 is 0 Å². The number of amides is 1. The van der Waals surface area contributed by atoms with E-state index < -0.39 is 11.6 Å². The smallest absolute Gasteiger partial charge is 0.410 e. The molecule has 2 N–H and O–H groups in total. The van der Waals surface area contributed by atoms with Crippen LogP contribution in [-0.4, -0.2) is 81.8 Å². The molecule has 0 spiro atoms. The first-order chi connectivity index (χ1) is 16.6. The number of nitrogens with zero attached hydrogens (tertiary/aromatic N) is 7. The Morgan fingerprint density at radius 1 is 1.00 bits per heavy atom. The van der Waals surface area contributed by atoms with Crippen LogP contribution in [0.15, 0.2) is 12.4 Å². The van der Waals surface area contributed by atoms with Crippen molar-refractivity contribution in [2.24, 2.45) is 0 Å². The molecule has 35 heavy (non-hydrogen) atoms. The maximum Gasteiger partial charge on any atom is 0.410 e. The van der Waals surface area contributed by atoms with Gasteiger partial charge in [0.2, 0.25) is 11.9 Å². The molecule has 188 valence electrons. The van der Waals surface area contributed by atoms with Crippen molar-refractivity contribution < 1.29 is 19.1 Å². The molecule has 12 heteroatoms. The summed E-state index contributed by atoms with van der Waals surface area (Å²) >= 11 is 0. The number of carbonyl (C=O) groups is 2. The minimum absolute atomic E-state index is 0.106. The third-order valence-corrected chi connectivity index (χ3v) is 5.72. The van der Waals surface area contributed by atoms with E-state index in [-0.39, 0.29) is 24.1 Å². The van der Waals surface area contributed by atoms with Crippen LogP contribution in [0.5, 0.6) is 0 Å². The molecule has 0 saturated carbocycles. The van der Waals surface area contributed by atoms with Gasteiger partial charge in [0.05, 0.1) is 18.8 Å². The topological polar surface area (TPSA) is 140 Å². The number of nitrogen functional groups attached to an aromatic ring is 1. The molecular formula is C23H32N8O4. The van der Waals surface area contributed by atoms with Crippen molar-refractivity contribution >= 4 is 29.8 Å². The lowest BCUT2D eigenvalue weighted by molar-refractivity contribution is 0.0222. The van der Waals surface area contributed by atoms with Crippen molar-refractivity contribution in [3.8, 4) is 0 Å². The van der Waals surface area contributed by atoms with Crippen molar-refractivity contribution in [3.05, 3.63) is 29.2 Å². The average Bonchev–Trinajstić information content (AvgIpc) is 2.82. The Kier molecular flexibility index (Phi) is 6.90. The van der Waals surface area contributed by atoms with Crippen molar-refractivity contribution in [3.63, 3.8) is 0 Å². The first-order valence-corrected chi connectivity index (χ1v) is 11.8.